The van der Waals surface area contributed by atoms with Crippen LogP contribution in [0.2, 0.25) is 5.02 Å². The highest BCUT2D eigenvalue weighted by Gasteiger charge is 2.20. The number of rotatable bonds is 4. The molecule has 1 aliphatic heterocycles. The Kier molecular flexibility index (Phi) is 7.02. The van der Waals surface area contributed by atoms with Gasteiger partial charge in [-0.25, -0.2) is 4.79 Å². The first kappa shape index (κ1) is 22.4. The second kappa shape index (κ2) is 9.09. The number of aromatic hydroxyl groups is 1. The summed E-state index contributed by atoms with van der Waals surface area (Å²) in [7, 11) is 0. The number of carbonyl (C=O) groups excluding carboxylic acids is 1. The average Bonchev–Trinajstić information content (AvgIpc) is 3.00. The first-order chi connectivity index (χ1) is 13.5. The van der Waals surface area contributed by atoms with Gasteiger partial charge in [0, 0.05) is 36.3 Å². The number of carbonyl (C=O) groups is 2. The van der Waals surface area contributed by atoms with E-state index in [-0.39, 0.29) is 16.9 Å². The number of furan rings is 1. The fourth-order valence-corrected chi connectivity index (χ4v) is 3.02. The zero-order valence-electron chi connectivity index (χ0n) is 16.7. The number of primary amides is 1. The lowest BCUT2D eigenvalue weighted by Gasteiger charge is -2.27. The second-order valence-corrected chi connectivity index (χ2v) is 8.17. The van der Waals surface area contributed by atoms with Crippen LogP contribution in [0.4, 0.5) is 10.5 Å². The Morgan fingerprint density at radius 1 is 1.28 bits per heavy atom. The van der Waals surface area contributed by atoms with Gasteiger partial charge in [-0.2, -0.15) is 0 Å². The fourth-order valence-electron chi connectivity index (χ4n) is 2.58. The van der Waals surface area contributed by atoms with Gasteiger partial charge in [0.2, 0.25) is 0 Å². The summed E-state index contributed by atoms with van der Waals surface area (Å²) in [6, 6.07) is 4.91. The molecule has 0 atom stereocenters. The molecule has 0 saturated carbocycles. The number of anilines is 1. The number of nitrogens with zero attached hydrogens (tertiary/aromatic N) is 1. The predicted octanol–water partition coefficient (Wildman–Crippen LogP) is 4.02. The Morgan fingerprint density at radius 3 is 2.34 bits per heavy atom. The quantitative estimate of drug-likeness (QED) is 0.549. The molecule has 0 spiro atoms. The van der Waals surface area contributed by atoms with E-state index in [2.05, 4.69) is 5.32 Å². The summed E-state index contributed by atoms with van der Waals surface area (Å²) in [6.45, 7) is 7.99. The van der Waals surface area contributed by atoms with E-state index in [0.29, 0.717) is 17.3 Å². The van der Waals surface area contributed by atoms with E-state index in [1.54, 1.807) is 6.07 Å². The van der Waals surface area contributed by atoms with Crippen molar-refractivity contribution in [3.8, 4) is 5.75 Å². The molecule has 1 saturated heterocycles. The highest BCUT2D eigenvalue weighted by molar-refractivity contribution is 6.31. The third-order valence-electron chi connectivity index (χ3n) is 4.40. The summed E-state index contributed by atoms with van der Waals surface area (Å²) < 4.78 is 5.04. The largest absolute Gasteiger partial charge is 0.506 e. The van der Waals surface area contributed by atoms with Crippen molar-refractivity contribution in [3.63, 3.8) is 0 Å². The normalized spacial score (nSPS) is 13.2. The standard InChI is InChI=1S/C16H19ClN2O3.C4H7NO2/c1-16(2,3)10-5-12(13(20)6-11(10)17)19-7-9-4-14(15(18)21)22-8-9;6-4(7)5-2-1-3-5/h4-6,8,19-20H,7H2,1-3H3,(H2,18,21);1-3H2,(H,6,7). The van der Waals surface area contributed by atoms with Crippen LogP contribution in [-0.2, 0) is 12.0 Å². The van der Waals surface area contributed by atoms with E-state index in [1.807, 2.05) is 26.8 Å². The van der Waals surface area contributed by atoms with Gasteiger partial charge >= 0.3 is 6.09 Å². The molecule has 1 aromatic carbocycles. The molecule has 3 rings (SSSR count). The summed E-state index contributed by atoms with van der Waals surface area (Å²) >= 11 is 6.19. The van der Waals surface area contributed by atoms with Crippen LogP contribution in [0.15, 0.2) is 28.9 Å². The van der Waals surface area contributed by atoms with E-state index < -0.39 is 12.0 Å². The number of likely N-dealkylation sites (tertiary alicyclic amines) is 1. The first-order valence-electron chi connectivity index (χ1n) is 9.11. The van der Waals surface area contributed by atoms with E-state index in [0.717, 1.165) is 30.6 Å². The van der Waals surface area contributed by atoms with Crippen LogP contribution >= 0.6 is 11.6 Å². The molecule has 0 unspecified atom stereocenters. The molecule has 2 heterocycles. The van der Waals surface area contributed by atoms with Gasteiger partial charge in [-0.1, -0.05) is 32.4 Å². The Balaban J connectivity index is 0.000000360. The molecule has 1 aliphatic rings. The maximum atomic E-state index is 11.0. The molecular formula is C20H26ClN3O5. The van der Waals surface area contributed by atoms with Crippen LogP contribution in [0.25, 0.3) is 0 Å². The monoisotopic (exact) mass is 423 g/mol. The van der Waals surface area contributed by atoms with E-state index in [4.69, 9.17) is 26.9 Å². The molecule has 8 nitrogen and oxygen atoms in total. The van der Waals surface area contributed by atoms with Crippen LogP contribution in [0.3, 0.4) is 0 Å². The van der Waals surface area contributed by atoms with Crippen molar-refractivity contribution in [2.75, 3.05) is 18.4 Å². The highest BCUT2D eigenvalue weighted by Crippen LogP contribution is 2.37. The van der Waals surface area contributed by atoms with Crippen molar-refractivity contribution in [3.05, 3.63) is 46.4 Å². The van der Waals surface area contributed by atoms with Gasteiger partial charge in [0.15, 0.2) is 5.76 Å². The molecule has 29 heavy (non-hydrogen) atoms. The Labute approximate surface area is 174 Å². The number of hydrogen-bond donors (Lipinski definition) is 4. The fraction of sp³-hybridized carbons (Fsp3) is 0.400. The zero-order chi connectivity index (χ0) is 21.8. The van der Waals surface area contributed by atoms with Gasteiger partial charge in [-0.05, 0) is 29.5 Å². The molecule has 1 aromatic heterocycles. The summed E-state index contributed by atoms with van der Waals surface area (Å²) in [6.07, 6.45) is 1.70. The summed E-state index contributed by atoms with van der Waals surface area (Å²) in [5.74, 6) is -0.445. The number of phenols is 1. The third kappa shape index (κ3) is 6.05. The topological polar surface area (TPSA) is 129 Å². The maximum absolute atomic E-state index is 11.0. The lowest BCUT2D eigenvalue weighted by atomic mass is 9.86. The number of carboxylic acid groups (broad SMARTS) is 1. The lowest BCUT2D eigenvalue weighted by Crippen LogP contribution is -2.40. The minimum atomic E-state index is -0.786. The van der Waals surface area contributed by atoms with E-state index >= 15 is 0 Å². The van der Waals surface area contributed by atoms with Crippen molar-refractivity contribution < 1.29 is 24.2 Å². The Morgan fingerprint density at radius 2 is 1.93 bits per heavy atom. The third-order valence-corrected chi connectivity index (χ3v) is 4.71. The van der Waals surface area contributed by atoms with Gasteiger partial charge in [0.1, 0.15) is 5.75 Å². The van der Waals surface area contributed by atoms with E-state index in [1.165, 1.54) is 17.2 Å². The number of nitrogens with two attached hydrogens (primary N) is 1. The van der Waals surface area contributed by atoms with Crippen LogP contribution in [-0.4, -0.2) is 40.2 Å². The van der Waals surface area contributed by atoms with Crippen molar-refractivity contribution in [1.29, 1.82) is 0 Å². The van der Waals surface area contributed by atoms with Crippen LogP contribution in [0, 0.1) is 0 Å². The molecule has 0 bridgehead atoms. The number of benzene rings is 1. The molecule has 2 amide bonds. The minimum absolute atomic E-state index is 0.0663. The molecular weight excluding hydrogens is 398 g/mol. The van der Waals surface area contributed by atoms with Crippen molar-refractivity contribution in [2.24, 2.45) is 5.73 Å². The van der Waals surface area contributed by atoms with Gasteiger partial charge < -0.3 is 30.6 Å². The van der Waals surface area contributed by atoms with Crippen LogP contribution in [0.5, 0.6) is 5.75 Å². The predicted molar refractivity (Wildman–Crippen MR) is 111 cm³/mol. The smallest absolute Gasteiger partial charge is 0.407 e. The average molecular weight is 424 g/mol. The molecule has 9 heteroatoms. The zero-order valence-corrected chi connectivity index (χ0v) is 17.4. The summed E-state index contributed by atoms with van der Waals surface area (Å²) in [4.78, 5) is 22.3. The van der Waals surface area contributed by atoms with Gasteiger partial charge in [-0.15, -0.1) is 0 Å². The van der Waals surface area contributed by atoms with Crippen molar-refractivity contribution >= 4 is 29.3 Å². The highest BCUT2D eigenvalue weighted by atomic mass is 35.5. The minimum Gasteiger partial charge on any atom is -0.506 e. The van der Waals surface area contributed by atoms with Crippen LogP contribution in [0.1, 0.15) is 48.9 Å². The molecule has 1 fully saturated rings. The van der Waals surface area contributed by atoms with Crippen molar-refractivity contribution in [1.82, 2.24) is 4.90 Å². The SMILES string of the molecule is CC(C)(C)c1cc(NCc2coc(C(N)=O)c2)c(O)cc1Cl.O=C(O)N1CCC1. The molecule has 5 N–H and O–H groups in total. The number of hydrogen-bond acceptors (Lipinski definition) is 5. The van der Waals surface area contributed by atoms with Gasteiger partial charge in [0.25, 0.3) is 5.91 Å². The molecule has 2 aromatic rings. The van der Waals surface area contributed by atoms with Gasteiger partial charge in [-0.3, -0.25) is 4.79 Å². The van der Waals surface area contributed by atoms with Crippen LogP contribution < -0.4 is 11.1 Å². The number of nitrogens with one attached hydrogen (secondary N) is 1. The summed E-state index contributed by atoms with van der Waals surface area (Å²) in [5.41, 5.74) is 7.24. The lowest BCUT2D eigenvalue weighted by molar-refractivity contribution is 0.0973. The summed E-state index contributed by atoms with van der Waals surface area (Å²) in [5, 5.41) is 21.8. The van der Waals surface area contributed by atoms with E-state index in [9.17, 15) is 14.7 Å². The first-order valence-corrected chi connectivity index (χ1v) is 9.48. The Hall–Kier alpha value is -2.87. The van der Waals surface area contributed by atoms with Gasteiger partial charge in [0.05, 0.1) is 12.0 Å². The van der Waals surface area contributed by atoms with Crippen molar-refractivity contribution in [2.45, 2.75) is 39.2 Å². The molecule has 0 aliphatic carbocycles. The number of amides is 2. The molecule has 158 valence electrons. The number of halogens is 1. The maximum Gasteiger partial charge on any atom is 0.407 e. The second-order valence-electron chi connectivity index (χ2n) is 7.76. The number of phenolic OH excluding ortho intramolecular Hbond substituents is 1. The molecule has 0 radical (unpaired) electrons. The Bertz CT molecular complexity index is 885.